The number of aromatic nitrogens is 1. The largest absolute Gasteiger partial charge is 0.326 e. The third kappa shape index (κ3) is 4.06. The Morgan fingerprint density at radius 2 is 2.08 bits per heavy atom. The molecule has 1 amide bonds. The van der Waals surface area contributed by atoms with Gasteiger partial charge < -0.3 is 5.32 Å². The zero-order valence-corrected chi connectivity index (χ0v) is 14.3. The second-order valence-electron chi connectivity index (χ2n) is 6.90. The lowest BCUT2D eigenvalue weighted by molar-refractivity contribution is -0.133. The minimum absolute atomic E-state index is 0.0670. The summed E-state index contributed by atoms with van der Waals surface area (Å²) in [5, 5.41) is 8.85. The molecule has 2 atom stereocenters. The van der Waals surface area contributed by atoms with Crippen LogP contribution in [0.1, 0.15) is 44.9 Å². The fraction of sp³-hybridized carbons (Fsp3) is 0.647. The van der Waals surface area contributed by atoms with Crippen LogP contribution in [0.3, 0.4) is 0 Å². The molecule has 7 heteroatoms. The van der Waals surface area contributed by atoms with Gasteiger partial charge in [0.2, 0.25) is 11.8 Å². The maximum absolute atomic E-state index is 13.9. The molecular weight excluding hydrogens is 332 g/mol. The topological polar surface area (TPSA) is 68.0 Å². The number of hydrogen-bond donors (Lipinski definition) is 2. The number of pyridine rings is 1. The van der Waals surface area contributed by atoms with Gasteiger partial charge in [-0.15, -0.1) is 0 Å². The zero-order chi connectivity index (χ0) is 17.2. The minimum Gasteiger partial charge on any atom is -0.326 e. The van der Waals surface area contributed by atoms with Crippen LogP contribution in [0.4, 0.5) is 14.5 Å². The molecule has 0 spiro atoms. The Morgan fingerprint density at radius 1 is 1.33 bits per heavy atom. The molecule has 1 heterocycles. The predicted octanol–water partition coefficient (Wildman–Crippen LogP) is 4.23. The summed E-state index contributed by atoms with van der Waals surface area (Å²) in [7, 11) is 0. The van der Waals surface area contributed by atoms with Gasteiger partial charge in [0.25, 0.3) is 0 Å². The molecule has 2 aliphatic rings. The molecule has 24 heavy (non-hydrogen) atoms. The summed E-state index contributed by atoms with van der Waals surface area (Å²) in [6, 6.07) is 3.32. The number of alkyl halides is 2. The van der Waals surface area contributed by atoms with Gasteiger partial charge >= 0.3 is 0 Å². The fourth-order valence-electron chi connectivity index (χ4n) is 4.18. The lowest BCUT2D eigenvalue weighted by Crippen LogP contribution is -2.41. The van der Waals surface area contributed by atoms with E-state index in [1.54, 1.807) is 18.3 Å². The van der Waals surface area contributed by atoms with Crippen LogP contribution < -0.4 is 10.5 Å². The molecule has 0 saturated heterocycles. The van der Waals surface area contributed by atoms with Crippen LogP contribution in [0.25, 0.3) is 0 Å². The van der Waals surface area contributed by atoms with Gasteiger partial charge in [-0.05, 0) is 42.3 Å². The molecule has 0 aliphatic heterocycles. The molecule has 0 unspecified atom stereocenters. The van der Waals surface area contributed by atoms with Crippen molar-refractivity contribution in [1.82, 2.24) is 4.98 Å². The zero-order valence-electron chi connectivity index (χ0n) is 13.5. The van der Waals surface area contributed by atoms with Crippen molar-refractivity contribution in [2.75, 3.05) is 5.32 Å². The van der Waals surface area contributed by atoms with Crippen molar-refractivity contribution in [3.8, 4) is 0 Å². The van der Waals surface area contributed by atoms with E-state index in [1.807, 2.05) is 0 Å². The van der Waals surface area contributed by atoms with Gasteiger partial charge in [0.05, 0.1) is 0 Å². The van der Waals surface area contributed by atoms with E-state index < -0.39 is 11.8 Å². The average molecular weight is 355 g/mol. The highest BCUT2D eigenvalue weighted by Crippen LogP contribution is 2.47. The second-order valence-corrected chi connectivity index (χ2v) is 7.56. The van der Waals surface area contributed by atoms with E-state index in [4.69, 9.17) is 5.14 Å². The van der Waals surface area contributed by atoms with E-state index in [-0.39, 0.29) is 24.7 Å². The number of nitrogens with zero attached hydrogens (tertiary/aromatic N) is 1. The molecule has 3 rings (SSSR count). The van der Waals surface area contributed by atoms with E-state index in [0.29, 0.717) is 23.1 Å². The molecule has 0 aromatic carbocycles. The summed E-state index contributed by atoms with van der Waals surface area (Å²) in [5.74, 6) is -3.20. The number of rotatable bonds is 4. The van der Waals surface area contributed by atoms with Crippen molar-refractivity contribution < 1.29 is 13.6 Å². The Morgan fingerprint density at radius 3 is 2.79 bits per heavy atom. The number of carbonyl (C=O) groups excluding carboxylic acids is 1. The fourth-order valence-corrected chi connectivity index (χ4v) is 4.49. The molecule has 0 radical (unpaired) electrons. The number of amides is 1. The molecule has 0 bridgehead atoms. The van der Waals surface area contributed by atoms with Crippen molar-refractivity contribution in [2.24, 2.45) is 22.9 Å². The smallest absolute Gasteiger partial charge is 0.248 e. The van der Waals surface area contributed by atoms with Crippen LogP contribution in [0.15, 0.2) is 23.4 Å². The lowest BCUT2D eigenvalue weighted by Gasteiger charge is -2.38. The molecule has 2 fully saturated rings. The molecule has 1 aromatic heterocycles. The third-order valence-corrected chi connectivity index (χ3v) is 5.81. The first-order chi connectivity index (χ1) is 11.5. The summed E-state index contributed by atoms with van der Waals surface area (Å²) in [5.41, 5.74) is 0.557. The van der Waals surface area contributed by atoms with Crippen LogP contribution in [0, 0.1) is 17.8 Å². The number of anilines is 1. The highest BCUT2D eigenvalue weighted by Gasteiger charge is 2.47. The highest BCUT2D eigenvalue weighted by atomic mass is 32.2. The van der Waals surface area contributed by atoms with Gasteiger partial charge in [-0.1, -0.05) is 25.7 Å². The summed E-state index contributed by atoms with van der Waals surface area (Å²) in [6.07, 6.45) is 5.96. The van der Waals surface area contributed by atoms with Crippen LogP contribution >= 0.6 is 11.9 Å². The van der Waals surface area contributed by atoms with E-state index in [2.05, 4.69) is 10.3 Å². The quantitative estimate of drug-likeness (QED) is 0.793. The molecule has 2 saturated carbocycles. The van der Waals surface area contributed by atoms with Crippen molar-refractivity contribution >= 4 is 23.5 Å². The van der Waals surface area contributed by atoms with E-state index in [0.717, 1.165) is 37.6 Å². The molecule has 1 aromatic rings. The molecule has 2 aliphatic carbocycles. The first kappa shape index (κ1) is 17.6. The summed E-state index contributed by atoms with van der Waals surface area (Å²) in [6.45, 7) is 0. The first-order valence-corrected chi connectivity index (χ1v) is 9.38. The van der Waals surface area contributed by atoms with Crippen LogP contribution in [0.2, 0.25) is 0 Å². The number of nitrogens with two attached hydrogens (primary N) is 1. The van der Waals surface area contributed by atoms with E-state index in [9.17, 15) is 13.6 Å². The minimum atomic E-state index is -2.74. The van der Waals surface area contributed by atoms with Crippen molar-refractivity contribution in [3.63, 3.8) is 0 Å². The third-order valence-electron chi connectivity index (χ3n) is 5.34. The monoisotopic (exact) mass is 355 g/mol. The van der Waals surface area contributed by atoms with Gasteiger partial charge in [-0.2, -0.15) is 0 Å². The lowest BCUT2D eigenvalue weighted by atomic mass is 9.70. The first-order valence-electron chi connectivity index (χ1n) is 8.50. The summed E-state index contributed by atoms with van der Waals surface area (Å²) < 4.78 is 27.8. The molecule has 4 nitrogen and oxygen atoms in total. The molecule has 3 N–H and O–H groups in total. The Labute approximate surface area is 145 Å². The summed E-state index contributed by atoms with van der Waals surface area (Å²) in [4.78, 5) is 16.8. The maximum Gasteiger partial charge on any atom is 0.248 e. The Balaban J connectivity index is 1.75. The average Bonchev–Trinajstić information content (AvgIpc) is 3.08. The second kappa shape index (κ2) is 7.35. The van der Waals surface area contributed by atoms with Crippen LogP contribution in [-0.4, -0.2) is 16.8 Å². The van der Waals surface area contributed by atoms with Gasteiger partial charge in [-0.25, -0.2) is 13.8 Å². The van der Waals surface area contributed by atoms with Crippen LogP contribution in [0.5, 0.6) is 0 Å². The van der Waals surface area contributed by atoms with Gasteiger partial charge in [0, 0.05) is 30.6 Å². The number of hydrogen-bond acceptors (Lipinski definition) is 4. The van der Waals surface area contributed by atoms with E-state index >= 15 is 0 Å². The molecule has 132 valence electrons. The van der Waals surface area contributed by atoms with Crippen molar-refractivity contribution in [3.05, 3.63) is 18.3 Å². The molecular formula is C17H23F2N3OS. The number of halogens is 2. The van der Waals surface area contributed by atoms with Crippen molar-refractivity contribution in [1.29, 1.82) is 0 Å². The Bertz CT molecular complexity index is 593. The van der Waals surface area contributed by atoms with Gasteiger partial charge in [0.15, 0.2) is 0 Å². The maximum atomic E-state index is 13.9. The van der Waals surface area contributed by atoms with Crippen molar-refractivity contribution in [2.45, 2.75) is 55.9 Å². The Kier molecular flexibility index (Phi) is 5.39. The van der Waals surface area contributed by atoms with Gasteiger partial charge in [-0.3, -0.25) is 9.93 Å². The predicted molar refractivity (Wildman–Crippen MR) is 90.6 cm³/mol. The van der Waals surface area contributed by atoms with Crippen LogP contribution in [-0.2, 0) is 4.79 Å². The van der Waals surface area contributed by atoms with Gasteiger partial charge in [0.1, 0.15) is 5.03 Å². The number of carbonyl (C=O) groups is 1. The summed E-state index contributed by atoms with van der Waals surface area (Å²) >= 11 is 0.984. The Hall–Kier alpha value is -1.21. The van der Waals surface area contributed by atoms with E-state index in [1.165, 1.54) is 0 Å². The SMILES string of the molecule is NSc1cc(NC(=O)[C@@H]2CC(F)(F)CC[C@H]2C2CCCC2)ccn1. The highest BCUT2D eigenvalue weighted by molar-refractivity contribution is 7.97. The number of nitrogens with one attached hydrogen (secondary N) is 1. The standard InChI is InChI=1S/C17H23F2N3OS/c18-17(19)7-5-13(11-3-1-2-4-11)14(10-17)16(23)22-12-6-8-21-15(9-12)24-20/h6,8-9,11,13-14H,1-5,7,10,20H2,(H,21,22,23)/t13-,14+/m0/s1. The normalized spacial score (nSPS) is 27.1.